The molecule has 0 spiro atoms. The molecule has 1 aliphatic heterocycles. The third kappa shape index (κ3) is 3.32. The van der Waals surface area contributed by atoms with Gasteiger partial charge in [-0.15, -0.1) is 0 Å². The second-order valence-electron chi connectivity index (χ2n) is 8.74. The Kier molecular flexibility index (Phi) is 5.22. The number of carbonyl (C=O) groups excluding carboxylic acids is 3. The van der Waals surface area contributed by atoms with Crippen LogP contribution in [-0.4, -0.2) is 34.7 Å². The molecule has 0 bridgehead atoms. The second kappa shape index (κ2) is 7.71. The number of amides is 3. The van der Waals surface area contributed by atoms with Crippen molar-refractivity contribution in [2.45, 2.75) is 65.5 Å². The minimum absolute atomic E-state index is 0.0647. The van der Waals surface area contributed by atoms with Crippen molar-refractivity contribution in [1.82, 2.24) is 4.90 Å². The molecule has 1 aliphatic carbocycles. The molecule has 0 radical (unpaired) electrons. The quantitative estimate of drug-likeness (QED) is 0.681. The van der Waals surface area contributed by atoms with Crippen LogP contribution in [0.15, 0.2) is 36.4 Å². The Morgan fingerprint density at radius 1 is 0.967 bits per heavy atom. The fourth-order valence-electron chi connectivity index (χ4n) is 4.71. The Bertz CT molecular complexity index is 1030. The number of rotatable bonds is 4. The first kappa shape index (κ1) is 20.3. The highest BCUT2D eigenvalue weighted by atomic mass is 16.2. The maximum Gasteiger partial charge on any atom is 0.266 e. The molecule has 30 heavy (non-hydrogen) atoms. The first-order valence-electron chi connectivity index (χ1n) is 10.7. The number of anilines is 1. The van der Waals surface area contributed by atoms with E-state index in [2.05, 4.69) is 0 Å². The monoisotopic (exact) mass is 404 g/mol. The molecular weight excluding hydrogens is 376 g/mol. The number of aryl methyl sites for hydroxylation is 2. The van der Waals surface area contributed by atoms with Gasteiger partial charge in [-0.05, 0) is 75.9 Å². The number of carbonyl (C=O) groups is 3. The molecule has 3 amide bonds. The summed E-state index contributed by atoms with van der Waals surface area (Å²) >= 11 is 0. The van der Waals surface area contributed by atoms with Gasteiger partial charge in [-0.1, -0.05) is 25.0 Å². The van der Waals surface area contributed by atoms with Crippen LogP contribution in [0, 0.1) is 13.8 Å². The zero-order valence-corrected chi connectivity index (χ0v) is 18.1. The van der Waals surface area contributed by atoms with Gasteiger partial charge in [0.1, 0.15) is 0 Å². The number of hydrogen-bond donors (Lipinski definition) is 0. The van der Waals surface area contributed by atoms with Crippen LogP contribution in [0.2, 0.25) is 0 Å². The first-order chi connectivity index (χ1) is 14.3. The van der Waals surface area contributed by atoms with Crippen LogP contribution in [-0.2, 0) is 0 Å². The Hall–Kier alpha value is -2.95. The molecule has 1 fully saturated rings. The summed E-state index contributed by atoms with van der Waals surface area (Å²) in [5.74, 6) is -0.764. The molecule has 0 saturated heterocycles. The highest BCUT2D eigenvalue weighted by Gasteiger charge is 2.38. The van der Waals surface area contributed by atoms with Crippen LogP contribution in [0.4, 0.5) is 5.69 Å². The molecule has 2 aromatic carbocycles. The minimum Gasteiger partial charge on any atom is -0.333 e. The van der Waals surface area contributed by atoms with E-state index in [1.54, 1.807) is 18.2 Å². The Morgan fingerprint density at radius 3 is 2.30 bits per heavy atom. The topological polar surface area (TPSA) is 57.7 Å². The smallest absolute Gasteiger partial charge is 0.266 e. The molecule has 2 aromatic rings. The Labute approximate surface area is 177 Å². The number of imide groups is 1. The van der Waals surface area contributed by atoms with E-state index in [0.29, 0.717) is 22.4 Å². The summed E-state index contributed by atoms with van der Waals surface area (Å²) in [6.07, 6.45) is 4.33. The van der Waals surface area contributed by atoms with Crippen LogP contribution in [0.3, 0.4) is 0 Å². The molecule has 0 aromatic heterocycles. The van der Waals surface area contributed by atoms with E-state index in [-0.39, 0.29) is 29.8 Å². The van der Waals surface area contributed by atoms with Gasteiger partial charge in [0, 0.05) is 17.6 Å². The lowest BCUT2D eigenvalue weighted by Gasteiger charge is -2.33. The van der Waals surface area contributed by atoms with Crippen molar-refractivity contribution >= 4 is 23.4 Å². The SMILES string of the molecule is Cc1ccc(C)c(N2C(=O)c3ccc(C(=O)N(C(C)C)C4CCCC4)cc3C2=O)c1. The molecule has 0 atom stereocenters. The molecular formula is C25H28N2O3. The number of nitrogens with zero attached hydrogens (tertiary/aromatic N) is 2. The average molecular weight is 405 g/mol. The molecule has 156 valence electrons. The predicted octanol–water partition coefficient (Wildman–Crippen LogP) is 4.90. The van der Waals surface area contributed by atoms with Gasteiger partial charge in [-0.25, -0.2) is 4.90 Å². The van der Waals surface area contributed by atoms with Crippen LogP contribution in [0.1, 0.15) is 81.7 Å². The standard InChI is InChI=1S/C25H28N2O3/c1-15(2)26(19-7-5-6-8-19)23(28)18-11-12-20-21(14-18)25(30)27(24(20)29)22-13-16(3)9-10-17(22)4/h9-15,19H,5-8H2,1-4H3. The van der Waals surface area contributed by atoms with Gasteiger partial charge in [0.25, 0.3) is 17.7 Å². The van der Waals surface area contributed by atoms with E-state index in [9.17, 15) is 14.4 Å². The van der Waals surface area contributed by atoms with Crippen molar-refractivity contribution < 1.29 is 14.4 Å². The predicted molar refractivity (Wildman–Crippen MR) is 117 cm³/mol. The molecule has 5 heteroatoms. The van der Waals surface area contributed by atoms with Crippen LogP contribution in [0.25, 0.3) is 0 Å². The van der Waals surface area contributed by atoms with E-state index in [4.69, 9.17) is 0 Å². The van der Waals surface area contributed by atoms with Crippen LogP contribution < -0.4 is 4.90 Å². The van der Waals surface area contributed by atoms with Gasteiger partial charge in [-0.3, -0.25) is 14.4 Å². The number of fused-ring (bicyclic) bond motifs is 1. The summed E-state index contributed by atoms with van der Waals surface area (Å²) in [5.41, 5.74) is 3.57. The van der Waals surface area contributed by atoms with Crippen molar-refractivity contribution in [3.63, 3.8) is 0 Å². The lowest BCUT2D eigenvalue weighted by Crippen LogP contribution is -2.43. The van der Waals surface area contributed by atoms with E-state index in [1.807, 2.05) is 50.8 Å². The lowest BCUT2D eigenvalue weighted by molar-refractivity contribution is 0.0613. The van der Waals surface area contributed by atoms with Crippen molar-refractivity contribution in [2.75, 3.05) is 4.90 Å². The van der Waals surface area contributed by atoms with Gasteiger partial charge in [0.15, 0.2) is 0 Å². The normalized spacial score (nSPS) is 16.5. The van der Waals surface area contributed by atoms with Gasteiger partial charge < -0.3 is 4.90 Å². The van der Waals surface area contributed by atoms with Gasteiger partial charge >= 0.3 is 0 Å². The second-order valence-corrected chi connectivity index (χ2v) is 8.74. The summed E-state index contributed by atoms with van der Waals surface area (Å²) in [7, 11) is 0. The Balaban J connectivity index is 1.69. The molecule has 1 saturated carbocycles. The van der Waals surface area contributed by atoms with Gasteiger partial charge in [0.2, 0.25) is 0 Å². The van der Waals surface area contributed by atoms with Gasteiger partial charge in [-0.2, -0.15) is 0 Å². The van der Waals surface area contributed by atoms with Gasteiger partial charge in [0.05, 0.1) is 16.8 Å². The molecule has 0 N–H and O–H groups in total. The molecule has 1 heterocycles. The highest BCUT2D eigenvalue weighted by Crippen LogP contribution is 2.33. The van der Waals surface area contributed by atoms with Crippen molar-refractivity contribution in [3.8, 4) is 0 Å². The fourth-order valence-corrected chi connectivity index (χ4v) is 4.71. The first-order valence-corrected chi connectivity index (χ1v) is 10.7. The Morgan fingerprint density at radius 2 is 1.63 bits per heavy atom. The molecule has 5 nitrogen and oxygen atoms in total. The molecule has 4 rings (SSSR count). The number of benzene rings is 2. The van der Waals surface area contributed by atoms with Crippen LogP contribution in [0.5, 0.6) is 0 Å². The summed E-state index contributed by atoms with van der Waals surface area (Å²) in [6, 6.07) is 11.0. The van der Waals surface area contributed by atoms with E-state index in [1.165, 1.54) is 4.90 Å². The van der Waals surface area contributed by atoms with Crippen molar-refractivity contribution in [2.24, 2.45) is 0 Å². The maximum atomic E-state index is 13.3. The highest BCUT2D eigenvalue weighted by molar-refractivity contribution is 6.35. The molecule has 0 unspecified atom stereocenters. The maximum absolute atomic E-state index is 13.3. The minimum atomic E-state index is -0.365. The third-order valence-electron chi connectivity index (χ3n) is 6.25. The zero-order chi connectivity index (χ0) is 21.6. The fraction of sp³-hybridized carbons (Fsp3) is 0.400. The van der Waals surface area contributed by atoms with E-state index in [0.717, 1.165) is 36.8 Å². The molecule has 2 aliphatic rings. The summed E-state index contributed by atoms with van der Waals surface area (Å²) in [6.45, 7) is 7.87. The summed E-state index contributed by atoms with van der Waals surface area (Å²) < 4.78 is 0. The van der Waals surface area contributed by atoms with E-state index >= 15 is 0 Å². The van der Waals surface area contributed by atoms with E-state index < -0.39 is 0 Å². The summed E-state index contributed by atoms with van der Waals surface area (Å²) in [4.78, 5) is 42.7. The largest absolute Gasteiger partial charge is 0.333 e. The van der Waals surface area contributed by atoms with Crippen LogP contribution >= 0.6 is 0 Å². The third-order valence-corrected chi connectivity index (χ3v) is 6.25. The average Bonchev–Trinajstić information content (AvgIpc) is 3.31. The number of hydrogen-bond acceptors (Lipinski definition) is 3. The van der Waals surface area contributed by atoms with Crippen molar-refractivity contribution in [1.29, 1.82) is 0 Å². The summed E-state index contributed by atoms with van der Waals surface area (Å²) in [5, 5.41) is 0. The zero-order valence-electron chi connectivity index (χ0n) is 18.1. The lowest BCUT2D eigenvalue weighted by atomic mass is 10.0. The van der Waals surface area contributed by atoms with Crippen molar-refractivity contribution in [3.05, 3.63) is 64.2 Å².